The first kappa shape index (κ1) is 11.7. The molecule has 19 heavy (non-hydrogen) atoms. The van der Waals surface area contributed by atoms with Crippen LogP contribution in [0.3, 0.4) is 0 Å². The number of aromatic nitrogens is 3. The lowest BCUT2D eigenvalue weighted by Crippen LogP contribution is -2.02. The Balaban J connectivity index is 2.13. The smallest absolute Gasteiger partial charge is 0.127 e. The van der Waals surface area contributed by atoms with Gasteiger partial charge in [0.15, 0.2) is 0 Å². The monoisotopic (exact) mass is 255 g/mol. The maximum atomic E-state index is 8.88. The number of benzene rings is 2. The van der Waals surface area contributed by atoms with E-state index in [-0.39, 0.29) is 13.2 Å². The van der Waals surface area contributed by atoms with Crippen molar-refractivity contribution in [2.75, 3.05) is 13.2 Å². The van der Waals surface area contributed by atoms with Gasteiger partial charge in [-0.15, -0.1) is 0 Å². The summed E-state index contributed by atoms with van der Waals surface area (Å²) < 4.78 is 5.56. The molecule has 96 valence electrons. The van der Waals surface area contributed by atoms with E-state index >= 15 is 0 Å². The van der Waals surface area contributed by atoms with Crippen molar-refractivity contribution in [3.63, 3.8) is 0 Å². The van der Waals surface area contributed by atoms with Crippen LogP contribution in [-0.2, 0) is 0 Å². The van der Waals surface area contributed by atoms with Crippen molar-refractivity contribution in [3.8, 4) is 16.9 Å². The predicted octanol–water partition coefficient (Wildman–Crippen LogP) is 2.00. The molecule has 1 aromatic heterocycles. The highest BCUT2D eigenvalue weighted by Crippen LogP contribution is 2.33. The van der Waals surface area contributed by atoms with Gasteiger partial charge in [0.05, 0.1) is 6.61 Å². The summed E-state index contributed by atoms with van der Waals surface area (Å²) >= 11 is 0. The summed E-state index contributed by atoms with van der Waals surface area (Å²) in [4.78, 5) is 0. The zero-order valence-electron chi connectivity index (χ0n) is 10.2. The molecule has 0 amide bonds. The van der Waals surface area contributed by atoms with E-state index in [0.717, 1.165) is 27.9 Å². The number of hydrogen-bond donors (Lipinski definition) is 2. The zero-order chi connectivity index (χ0) is 13.1. The standard InChI is InChI=1S/C14H13N3O2/c18-8-9-19-13-7-2-1-4-10(13)11-5-3-6-12-14(11)16-17-15-12/h1-7,18H,8-9H2,(H,15,16,17). The van der Waals surface area contributed by atoms with Gasteiger partial charge in [-0.1, -0.05) is 30.3 Å². The second kappa shape index (κ2) is 5.07. The zero-order valence-corrected chi connectivity index (χ0v) is 10.2. The number of para-hydroxylation sites is 2. The number of ether oxygens (including phenoxy) is 1. The highest BCUT2D eigenvalue weighted by molar-refractivity contribution is 5.92. The van der Waals surface area contributed by atoms with Crippen LogP contribution in [0.5, 0.6) is 5.75 Å². The van der Waals surface area contributed by atoms with Gasteiger partial charge in [-0.25, -0.2) is 0 Å². The van der Waals surface area contributed by atoms with Gasteiger partial charge in [0.2, 0.25) is 0 Å². The Bertz CT molecular complexity index is 694. The van der Waals surface area contributed by atoms with Crippen molar-refractivity contribution < 1.29 is 9.84 Å². The number of aliphatic hydroxyl groups is 1. The Morgan fingerprint density at radius 3 is 2.74 bits per heavy atom. The lowest BCUT2D eigenvalue weighted by atomic mass is 10.0. The van der Waals surface area contributed by atoms with Crippen LogP contribution in [0.2, 0.25) is 0 Å². The van der Waals surface area contributed by atoms with Crippen molar-refractivity contribution in [1.82, 2.24) is 15.4 Å². The fourth-order valence-corrected chi connectivity index (χ4v) is 2.06. The first-order valence-corrected chi connectivity index (χ1v) is 6.02. The Kier molecular flexibility index (Phi) is 3.12. The van der Waals surface area contributed by atoms with E-state index in [2.05, 4.69) is 15.4 Å². The summed E-state index contributed by atoms with van der Waals surface area (Å²) in [5.41, 5.74) is 3.52. The Hall–Kier alpha value is -2.40. The van der Waals surface area contributed by atoms with Crippen LogP contribution in [0.15, 0.2) is 42.5 Å². The summed E-state index contributed by atoms with van der Waals surface area (Å²) in [6.07, 6.45) is 0. The molecule has 0 spiro atoms. The Morgan fingerprint density at radius 1 is 1.00 bits per heavy atom. The molecular formula is C14H13N3O2. The fraction of sp³-hybridized carbons (Fsp3) is 0.143. The summed E-state index contributed by atoms with van der Waals surface area (Å²) in [7, 11) is 0. The van der Waals surface area contributed by atoms with Crippen LogP contribution in [0.1, 0.15) is 0 Å². The topological polar surface area (TPSA) is 71.0 Å². The first-order chi connectivity index (χ1) is 9.40. The molecule has 0 saturated heterocycles. The van der Waals surface area contributed by atoms with E-state index in [1.54, 1.807) is 0 Å². The lowest BCUT2D eigenvalue weighted by Gasteiger charge is -2.10. The molecule has 0 fully saturated rings. The quantitative estimate of drug-likeness (QED) is 0.748. The molecule has 5 nitrogen and oxygen atoms in total. The molecule has 0 bridgehead atoms. The molecule has 1 heterocycles. The molecule has 3 aromatic rings. The van der Waals surface area contributed by atoms with Crippen LogP contribution in [-0.4, -0.2) is 33.7 Å². The molecule has 3 rings (SSSR count). The van der Waals surface area contributed by atoms with Crippen LogP contribution < -0.4 is 4.74 Å². The maximum Gasteiger partial charge on any atom is 0.127 e. The molecule has 0 aliphatic heterocycles. The summed E-state index contributed by atoms with van der Waals surface area (Å²) in [6.45, 7) is 0.258. The van der Waals surface area contributed by atoms with Gasteiger partial charge < -0.3 is 9.84 Å². The highest BCUT2D eigenvalue weighted by Gasteiger charge is 2.11. The number of hydrogen-bond acceptors (Lipinski definition) is 4. The SMILES string of the molecule is OCCOc1ccccc1-c1cccc2n[nH]nc12. The summed E-state index contributed by atoms with van der Waals surface area (Å²) in [6, 6.07) is 13.5. The van der Waals surface area contributed by atoms with Crippen LogP contribution in [0.4, 0.5) is 0 Å². The third-order valence-electron chi connectivity index (χ3n) is 2.87. The minimum atomic E-state index is -0.0114. The Morgan fingerprint density at radius 2 is 1.84 bits per heavy atom. The van der Waals surface area contributed by atoms with Gasteiger partial charge in [-0.2, -0.15) is 15.4 Å². The third kappa shape index (κ3) is 2.15. The van der Waals surface area contributed by atoms with Gasteiger partial charge in [0.25, 0.3) is 0 Å². The van der Waals surface area contributed by atoms with Crippen LogP contribution >= 0.6 is 0 Å². The van der Waals surface area contributed by atoms with E-state index in [0.29, 0.717) is 0 Å². The number of fused-ring (bicyclic) bond motifs is 1. The largest absolute Gasteiger partial charge is 0.491 e. The highest BCUT2D eigenvalue weighted by atomic mass is 16.5. The molecule has 0 aliphatic rings. The number of rotatable bonds is 4. The van der Waals surface area contributed by atoms with Crippen molar-refractivity contribution in [3.05, 3.63) is 42.5 Å². The van der Waals surface area contributed by atoms with Crippen molar-refractivity contribution in [2.45, 2.75) is 0 Å². The molecule has 0 radical (unpaired) electrons. The van der Waals surface area contributed by atoms with E-state index in [9.17, 15) is 0 Å². The average Bonchev–Trinajstić information content (AvgIpc) is 2.94. The first-order valence-electron chi connectivity index (χ1n) is 6.02. The Labute approximate surface area is 109 Å². The van der Waals surface area contributed by atoms with Crippen molar-refractivity contribution >= 4 is 11.0 Å². The number of aromatic amines is 1. The molecule has 0 aliphatic carbocycles. The summed E-state index contributed by atoms with van der Waals surface area (Å²) in [5, 5.41) is 19.8. The molecule has 0 saturated carbocycles. The van der Waals surface area contributed by atoms with E-state index in [4.69, 9.17) is 9.84 Å². The minimum Gasteiger partial charge on any atom is -0.491 e. The van der Waals surface area contributed by atoms with Gasteiger partial charge in [0.1, 0.15) is 23.4 Å². The average molecular weight is 255 g/mol. The van der Waals surface area contributed by atoms with E-state index < -0.39 is 0 Å². The lowest BCUT2D eigenvalue weighted by molar-refractivity contribution is 0.202. The van der Waals surface area contributed by atoms with Crippen molar-refractivity contribution in [1.29, 1.82) is 0 Å². The van der Waals surface area contributed by atoms with Crippen LogP contribution in [0.25, 0.3) is 22.2 Å². The number of aliphatic hydroxyl groups excluding tert-OH is 1. The number of nitrogens with one attached hydrogen (secondary N) is 1. The minimum absolute atomic E-state index is 0.0114. The molecule has 0 atom stereocenters. The van der Waals surface area contributed by atoms with E-state index in [1.165, 1.54) is 0 Å². The van der Waals surface area contributed by atoms with E-state index in [1.807, 2.05) is 42.5 Å². The van der Waals surface area contributed by atoms with Crippen LogP contribution in [0, 0.1) is 0 Å². The van der Waals surface area contributed by atoms with Gasteiger partial charge in [-0.05, 0) is 12.1 Å². The molecule has 2 aromatic carbocycles. The van der Waals surface area contributed by atoms with Gasteiger partial charge >= 0.3 is 0 Å². The molecule has 5 heteroatoms. The fourth-order valence-electron chi connectivity index (χ4n) is 2.06. The number of nitrogens with zero attached hydrogens (tertiary/aromatic N) is 2. The molecule has 0 unspecified atom stereocenters. The van der Waals surface area contributed by atoms with Crippen molar-refractivity contribution in [2.24, 2.45) is 0 Å². The predicted molar refractivity (Wildman–Crippen MR) is 71.9 cm³/mol. The second-order valence-electron chi connectivity index (χ2n) is 4.07. The normalized spacial score (nSPS) is 10.8. The summed E-state index contributed by atoms with van der Waals surface area (Å²) in [5.74, 6) is 0.729. The molecule has 2 N–H and O–H groups in total. The molecular weight excluding hydrogens is 242 g/mol. The third-order valence-corrected chi connectivity index (χ3v) is 2.87. The maximum absolute atomic E-state index is 8.88. The second-order valence-corrected chi connectivity index (χ2v) is 4.07. The number of H-pyrrole nitrogens is 1. The van der Waals surface area contributed by atoms with Gasteiger partial charge in [-0.3, -0.25) is 0 Å². The van der Waals surface area contributed by atoms with Gasteiger partial charge in [0, 0.05) is 11.1 Å².